The second-order valence-electron chi connectivity index (χ2n) is 6.33. The SMILES string of the molecule is N#Cc1ccc(N2CCCCCN2Cc2c[nH]nn2)c2ccccc12. The summed E-state index contributed by atoms with van der Waals surface area (Å²) in [5.41, 5.74) is 2.81. The van der Waals surface area contributed by atoms with Crippen LogP contribution in [0.3, 0.4) is 0 Å². The third kappa shape index (κ3) is 3.06. The van der Waals surface area contributed by atoms with Gasteiger partial charge in [-0.1, -0.05) is 35.9 Å². The Bertz CT molecular complexity index is 896. The van der Waals surface area contributed by atoms with Gasteiger partial charge in [0.25, 0.3) is 0 Å². The van der Waals surface area contributed by atoms with Crippen molar-refractivity contribution in [1.29, 1.82) is 5.26 Å². The maximum atomic E-state index is 9.41. The molecule has 2 aromatic carbocycles. The number of hydrogen-bond donors (Lipinski definition) is 1. The number of benzene rings is 2. The summed E-state index contributed by atoms with van der Waals surface area (Å²) in [5, 5.41) is 27.0. The third-order valence-electron chi connectivity index (χ3n) is 4.74. The molecule has 3 aromatic rings. The maximum absolute atomic E-state index is 9.41. The van der Waals surface area contributed by atoms with Gasteiger partial charge in [-0.05, 0) is 25.0 Å². The number of nitrogens with zero attached hydrogens (tertiary/aromatic N) is 5. The predicted molar refractivity (Wildman–Crippen MR) is 96.7 cm³/mol. The Morgan fingerprint density at radius 2 is 1.88 bits per heavy atom. The molecule has 4 rings (SSSR count). The van der Waals surface area contributed by atoms with Gasteiger partial charge in [0.15, 0.2) is 0 Å². The van der Waals surface area contributed by atoms with Gasteiger partial charge < -0.3 is 5.01 Å². The largest absolute Gasteiger partial charge is 0.305 e. The molecule has 0 saturated carbocycles. The Hall–Kier alpha value is -2.91. The van der Waals surface area contributed by atoms with Crippen LogP contribution in [-0.4, -0.2) is 33.5 Å². The van der Waals surface area contributed by atoms with Gasteiger partial charge in [0, 0.05) is 30.1 Å². The van der Waals surface area contributed by atoms with Crippen LogP contribution in [0.15, 0.2) is 42.6 Å². The number of aromatic nitrogens is 3. The second-order valence-corrected chi connectivity index (χ2v) is 6.33. The van der Waals surface area contributed by atoms with Gasteiger partial charge in [0.2, 0.25) is 0 Å². The van der Waals surface area contributed by atoms with Gasteiger partial charge in [0.1, 0.15) is 0 Å². The molecule has 0 amide bonds. The van der Waals surface area contributed by atoms with Crippen molar-refractivity contribution in [3.05, 3.63) is 53.9 Å². The third-order valence-corrected chi connectivity index (χ3v) is 4.74. The van der Waals surface area contributed by atoms with Gasteiger partial charge in [-0.25, -0.2) is 5.01 Å². The minimum Gasteiger partial charge on any atom is -0.305 e. The van der Waals surface area contributed by atoms with E-state index in [0.717, 1.165) is 53.8 Å². The zero-order valence-electron chi connectivity index (χ0n) is 14.0. The van der Waals surface area contributed by atoms with Gasteiger partial charge in [0.05, 0.1) is 29.6 Å². The summed E-state index contributed by atoms with van der Waals surface area (Å²) in [6, 6.07) is 14.5. The number of nitriles is 1. The van der Waals surface area contributed by atoms with Crippen molar-refractivity contribution in [3.8, 4) is 6.07 Å². The van der Waals surface area contributed by atoms with E-state index in [2.05, 4.69) is 43.6 Å². The molecule has 0 atom stereocenters. The zero-order valence-corrected chi connectivity index (χ0v) is 14.0. The van der Waals surface area contributed by atoms with Crippen molar-refractivity contribution in [3.63, 3.8) is 0 Å². The van der Waals surface area contributed by atoms with Crippen molar-refractivity contribution < 1.29 is 0 Å². The monoisotopic (exact) mass is 332 g/mol. The number of H-pyrrole nitrogens is 1. The fourth-order valence-electron chi connectivity index (χ4n) is 3.53. The lowest BCUT2D eigenvalue weighted by molar-refractivity contribution is 0.250. The van der Waals surface area contributed by atoms with E-state index in [1.807, 2.05) is 30.5 Å². The predicted octanol–water partition coefficient (Wildman–Crippen LogP) is 3.24. The lowest BCUT2D eigenvalue weighted by atomic mass is 10.0. The average molecular weight is 332 g/mol. The number of hydrogen-bond acceptors (Lipinski definition) is 5. The number of aromatic amines is 1. The summed E-state index contributed by atoms with van der Waals surface area (Å²) in [7, 11) is 0. The minimum absolute atomic E-state index is 0.720. The molecule has 0 spiro atoms. The molecular weight excluding hydrogens is 312 g/mol. The first-order valence-electron chi connectivity index (χ1n) is 8.66. The molecule has 1 saturated heterocycles. The number of nitrogens with one attached hydrogen (secondary N) is 1. The Morgan fingerprint density at radius 3 is 2.68 bits per heavy atom. The molecular formula is C19H20N6. The topological polar surface area (TPSA) is 71.8 Å². The van der Waals surface area contributed by atoms with Crippen LogP contribution in [0.25, 0.3) is 10.8 Å². The van der Waals surface area contributed by atoms with Crippen LogP contribution >= 0.6 is 0 Å². The van der Waals surface area contributed by atoms with Gasteiger partial charge in [-0.3, -0.25) is 5.10 Å². The molecule has 1 fully saturated rings. The zero-order chi connectivity index (χ0) is 17.1. The molecule has 0 bridgehead atoms. The van der Waals surface area contributed by atoms with Crippen LogP contribution in [-0.2, 0) is 6.54 Å². The molecule has 1 N–H and O–H groups in total. The van der Waals surface area contributed by atoms with Crippen molar-refractivity contribution in [2.45, 2.75) is 25.8 Å². The quantitative estimate of drug-likeness (QED) is 0.797. The lowest BCUT2D eigenvalue weighted by Crippen LogP contribution is -2.42. The number of fused-ring (bicyclic) bond motifs is 1. The Kier molecular flexibility index (Phi) is 4.32. The molecule has 1 aromatic heterocycles. The first kappa shape index (κ1) is 15.6. The molecule has 0 aliphatic carbocycles. The molecule has 25 heavy (non-hydrogen) atoms. The molecule has 6 heteroatoms. The van der Waals surface area contributed by atoms with Crippen LogP contribution in [0.1, 0.15) is 30.5 Å². The van der Waals surface area contributed by atoms with E-state index in [4.69, 9.17) is 0 Å². The Morgan fingerprint density at radius 1 is 1.04 bits per heavy atom. The van der Waals surface area contributed by atoms with Crippen LogP contribution in [0, 0.1) is 11.3 Å². The van der Waals surface area contributed by atoms with Gasteiger partial charge >= 0.3 is 0 Å². The minimum atomic E-state index is 0.720. The number of hydrazine groups is 1. The van der Waals surface area contributed by atoms with Gasteiger partial charge in [-0.2, -0.15) is 5.26 Å². The van der Waals surface area contributed by atoms with E-state index in [9.17, 15) is 5.26 Å². The molecule has 1 aliphatic rings. The van der Waals surface area contributed by atoms with E-state index in [0.29, 0.717) is 0 Å². The van der Waals surface area contributed by atoms with E-state index < -0.39 is 0 Å². The maximum Gasteiger partial charge on any atom is 0.0998 e. The van der Waals surface area contributed by atoms with Crippen molar-refractivity contribution in [2.24, 2.45) is 0 Å². The molecule has 6 nitrogen and oxygen atoms in total. The summed E-state index contributed by atoms with van der Waals surface area (Å²) in [6.07, 6.45) is 5.40. The van der Waals surface area contributed by atoms with Crippen LogP contribution in [0.4, 0.5) is 5.69 Å². The highest BCUT2D eigenvalue weighted by atomic mass is 15.6. The Labute approximate surface area is 146 Å². The molecule has 0 unspecified atom stereocenters. The van der Waals surface area contributed by atoms with Crippen molar-refractivity contribution in [2.75, 3.05) is 18.1 Å². The van der Waals surface area contributed by atoms with E-state index in [-0.39, 0.29) is 0 Å². The van der Waals surface area contributed by atoms with Crippen molar-refractivity contribution in [1.82, 2.24) is 20.4 Å². The molecule has 0 radical (unpaired) electrons. The van der Waals surface area contributed by atoms with E-state index in [1.54, 1.807) is 0 Å². The number of anilines is 1. The van der Waals surface area contributed by atoms with Crippen LogP contribution in [0.5, 0.6) is 0 Å². The number of rotatable bonds is 3. The van der Waals surface area contributed by atoms with E-state index >= 15 is 0 Å². The molecule has 2 heterocycles. The standard InChI is InChI=1S/C19H20N6/c20-12-15-8-9-19(18-7-3-2-6-17(15)18)25-11-5-1-4-10-24(25)14-16-13-21-23-22-16/h2-3,6-9,13H,1,4-5,10-11,14H2,(H,21,22,23). The van der Waals surface area contributed by atoms with Crippen LogP contribution < -0.4 is 5.01 Å². The van der Waals surface area contributed by atoms with E-state index in [1.165, 1.54) is 12.8 Å². The van der Waals surface area contributed by atoms with Crippen molar-refractivity contribution >= 4 is 16.5 Å². The Balaban J connectivity index is 1.77. The smallest absolute Gasteiger partial charge is 0.0998 e. The highest BCUT2D eigenvalue weighted by Gasteiger charge is 2.22. The highest BCUT2D eigenvalue weighted by molar-refractivity contribution is 5.97. The highest BCUT2D eigenvalue weighted by Crippen LogP contribution is 2.32. The fraction of sp³-hybridized carbons (Fsp3) is 0.316. The first-order chi connectivity index (χ1) is 12.4. The first-order valence-corrected chi connectivity index (χ1v) is 8.66. The average Bonchev–Trinajstić information content (AvgIpc) is 3.06. The summed E-state index contributed by atoms with van der Waals surface area (Å²) in [6.45, 7) is 2.68. The lowest BCUT2D eigenvalue weighted by Gasteiger charge is -2.35. The summed E-state index contributed by atoms with van der Waals surface area (Å²) >= 11 is 0. The van der Waals surface area contributed by atoms with Crippen LogP contribution in [0.2, 0.25) is 0 Å². The molecule has 1 aliphatic heterocycles. The second kappa shape index (κ2) is 6.91. The molecule has 126 valence electrons. The summed E-state index contributed by atoms with van der Waals surface area (Å²) in [5.74, 6) is 0. The summed E-state index contributed by atoms with van der Waals surface area (Å²) < 4.78 is 0. The fourth-order valence-corrected chi connectivity index (χ4v) is 3.53. The summed E-state index contributed by atoms with van der Waals surface area (Å²) in [4.78, 5) is 0. The van der Waals surface area contributed by atoms with Gasteiger partial charge in [-0.15, -0.1) is 5.10 Å². The normalized spacial score (nSPS) is 15.9.